The number of amides is 1. The Morgan fingerprint density at radius 2 is 1.87 bits per heavy atom. The third kappa shape index (κ3) is 5.46. The highest BCUT2D eigenvalue weighted by Crippen LogP contribution is 2.32. The minimum atomic E-state index is -3.47. The summed E-state index contributed by atoms with van der Waals surface area (Å²) >= 11 is 5.45. The Morgan fingerprint density at radius 1 is 1.17 bits per heavy atom. The van der Waals surface area contributed by atoms with E-state index in [2.05, 4.69) is 10.0 Å². The van der Waals surface area contributed by atoms with Crippen molar-refractivity contribution in [3.63, 3.8) is 0 Å². The quantitative estimate of drug-likeness (QED) is 0.781. The minimum Gasteiger partial charge on any atom is -0.455 e. The molecule has 23 heavy (non-hydrogen) atoms. The molecule has 0 aromatic heterocycles. The van der Waals surface area contributed by atoms with E-state index in [4.69, 9.17) is 16.3 Å². The molecule has 0 saturated heterocycles. The van der Waals surface area contributed by atoms with Crippen molar-refractivity contribution in [1.82, 2.24) is 0 Å². The molecule has 2 aromatic carbocycles. The second-order valence-electron chi connectivity index (χ2n) is 4.68. The zero-order chi connectivity index (χ0) is 16.9. The van der Waals surface area contributed by atoms with Crippen molar-refractivity contribution in [2.24, 2.45) is 0 Å². The number of benzene rings is 2. The van der Waals surface area contributed by atoms with Gasteiger partial charge in [0.05, 0.1) is 11.9 Å². The van der Waals surface area contributed by atoms with E-state index in [0.717, 1.165) is 6.26 Å². The normalized spacial score (nSPS) is 10.9. The lowest BCUT2D eigenvalue weighted by atomic mass is 10.2. The number of hydrogen-bond acceptors (Lipinski definition) is 4. The highest BCUT2D eigenvalue weighted by atomic mass is 35.5. The maximum atomic E-state index is 11.5. The molecule has 0 aliphatic rings. The Bertz CT molecular complexity index is 794. The van der Waals surface area contributed by atoms with Crippen LogP contribution in [0.1, 0.15) is 0 Å². The number of alkyl halides is 1. The molecule has 0 atom stereocenters. The molecule has 6 nitrogen and oxygen atoms in total. The monoisotopic (exact) mass is 354 g/mol. The summed E-state index contributed by atoms with van der Waals surface area (Å²) in [6, 6.07) is 13.4. The van der Waals surface area contributed by atoms with Gasteiger partial charge in [-0.1, -0.05) is 18.2 Å². The van der Waals surface area contributed by atoms with Crippen LogP contribution in [0, 0.1) is 0 Å². The maximum Gasteiger partial charge on any atom is 0.239 e. The topological polar surface area (TPSA) is 84.5 Å². The summed E-state index contributed by atoms with van der Waals surface area (Å²) in [7, 11) is -3.47. The molecule has 2 N–H and O–H groups in total. The number of carbonyl (C=O) groups is 1. The van der Waals surface area contributed by atoms with Gasteiger partial charge in [-0.05, 0) is 24.3 Å². The van der Waals surface area contributed by atoms with Gasteiger partial charge in [-0.2, -0.15) is 0 Å². The molecule has 0 heterocycles. The molecule has 0 bridgehead atoms. The molecule has 0 saturated carbocycles. The second-order valence-corrected chi connectivity index (χ2v) is 6.70. The summed E-state index contributed by atoms with van der Waals surface area (Å²) in [5.41, 5.74) is 0.709. The summed E-state index contributed by atoms with van der Waals surface area (Å²) in [5.74, 6) is 0.234. The van der Waals surface area contributed by atoms with E-state index >= 15 is 0 Å². The Kier molecular flexibility index (Phi) is 5.46. The summed E-state index contributed by atoms with van der Waals surface area (Å²) in [5, 5.41) is 2.58. The van der Waals surface area contributed by atoms with Gasteiger partial charge < -0.3 is 10.1 Å². The minimum absolute atomic E-state index is 0.182. The zero-order valence-electron chi connectivity index (χ0n) is 12.2. The van der Waals surface area contributed by atoms with Crippen LogP contribution in [0.5, 0.6) is 11.5 Å². The summed E-state index contributed by atoms with van der Waals surface area (Å²) in [6.07, 6.45) is 1.04. The number of anilines is 2. The van der Waals surface area contributed by atoms with Crippen LogP contribution in [0.3, 0.4) is 0 Å². The van der Waals surface area contributed by atoms with Gasteiger partial charge in [0.15, 0.2) is 5.75 Å². The van der Waals surface area contributed by atoms with Crippen molar-refractivity contribution in [2.45, 2.75) is 0 Å². The van der Waals surface area contributed by atoms with Gasteiger partial charge in [-0.15, -0.1) is 11.6 Å². The first-order valence-electron chi connectivity index (χ1n) is 6.58. The number of rotatable bonds is 6. The zero-order valence-corrected chi connectivity index (χ0v) is 13.8. The smallest absolute Gasteiger partial charge is 0.239 e. The maximum absolute atomic E-state index is 11.5. The Balaban J connectivity index is 2.36. The van der Waals surface area contributed by atoms with Crippen LogP contribution in [0.25, 0.3) is 0 Å². The fraction of sp³-hybridized carbons (Fsp3) is 0.133. The molecule has 2 aromatic rings. The van der Waals surface area contributed by atoms with Crippen molar-refractivity contribution in [2.75, 3.05) is 22.2 Å². The third-order valence-electron chi connectivity index (χ3n) is 2.65. The van der Waals surface area contributed by atoms with E-state index in [-0.39, 0.29) is 23.2 Å². The number of sulfonamides is 1. The number of nitrogens with one attached hydrogen (secondary N) is 2. The van der Waals surface area contributed by atoms with Gasteiger partial charge in [-0.25, -0.2) is 8.42 Å². The molecule has 2 rings (SSSR count). The lowest BCUT2D eigenvalue weighted by molar-refractivity contribution is -0.113. The Hall–Kier alpha value is -2.25. The fourth-order valence-electron chi connectivity index (χ4n) is 1.78. The highest BCUT2D eigenvalue weighted by Gasteiger charge is 2.12. The molecule has 0 radical (unpaired) electrons. The number of para-hydroxylation sites is 1. The van der Waals surface area contributed by atoms with Crippen LogP contribution in [0.2, 0.25) is 0 Å². The molecule has 8 heteroatoms. The van der Waals surface area contributed by atoms with Gasteiger partial charge in [0, 0.05) is 11.8 Å². The summed E-state index contributed by atoms with van der Waals surface area (Å²) < 4.78 is 31.0. The van der Waals surface area contributed by atoms with E-state index in [1.165, 1.54) is 12.1 Å². The summed E-state index contributed by atoms with van der Waals surface area (Å²) in [4.78, 5) is 11.4. The molecule has 0 aliphatic heterocycles. The van der Waals surface area contributed by atoms with Crippen molar-refractivity contribution in [3.8, 4) is 11.5 Å². The molecular formula is C15H15ClN2O4S. The largest absolute Gasteiger partial charge is 0.455 e. The molecule has 0 aliphatic carbocycles. The standard InChI is InChI=1S/C15H15ClN2O4S/c1-23(20,21)18-13-8-7-11(17-15(19)10-16)9-14(13)22-12-5-3-2-4-6-12/h2-9,18H,10H2,1H3,(H,17,19). The lowest BCUT2D eigenvalue weighted by Crippen LogP contribution is -2.13. The molecule has 0 fully saturated rings. The molecular weight excluding hydrogens is 340 g/mol. The molecule has 1 amide bonds. The van der Waals surface area contributed by atoms with Crippen LogP contribution < -0.4 is 14.8 Å². The van der Waals surface area contributed by atoms with Crippen LogP contribution >= 0.6 is 11.6 Å². The van der Waals surface area contributed by atoms with Crippen molar-refractivity contribution >= 4 is 38.9 Å². The van der Waals surface area contributed by atoms with Crippen LogP contribution in [0.15, 0.2) is 48.5 Å². The average molecular weight is 355 g/mol. The predicted octanol–water partition coefficient (Wildman–Crippen LogP) is 3.03. The van der Waals surface area contributed by atoms with Gasteiger partial charge in [0.25, 0.3) is 0 Å². The van der Waals surface area contributed by atoms with E-state index in [9.17, 15) is 13.2 Å². The SMILES string of the molecule is CS(=O)(=O)Nc1ccc(NC(=O)CCl)cc1Oc1ccccc1. The van der Waals surface area contributed by atoms with E-state index in [1.54, 1.807) is 30.3 Å². The second kappa shape index (κ2) is 7.34. The van der Waals surface area contributed by atoms with Crippen LogP contribution in [-0.4, -0.2) is 26.5 Å². The van der Waals surface area contributed by atoms with Crippen molar-refractivity contribution < 1.29 is 17.9 Å². The molecule has 122 valence electrons. The first-order chi connectivity index (χ1) is 10.9. The van der Waals surface area contributed by atoms with Crippen LogP contribution in [-0.2, 0) is 14.8 Å². The van der Waals surface area contributed by atoms with Gasteiger partial charge >= 0.3 is 0 Å². The Labute approximate surface area is 139 Å². The van der Waals surface area contributed by atoms with E-state index in [1.807, 2.05) is 6.07 Å². The van der Waals surface area contributed by atoms with Gasteiger partial charge in [0.2, 0.25) is 15.9 Å². The summed E-state index contributed by atoms with van der Waals surface area (Å²) in [6.45, 7) is 0. The fourth-order valence-corrected chi connectivity index (χ4v) is 2.41. The Morgan fingerprint density at radius 3 is 2.48 bits per heavy atom. The number of ether oxygens (including phenoxy) is 1. The third-order valence-corrected chi connectivity index (χ3v) is 3.49. The first kappa shape index (κ1) is 17.1. The van der Waals surface area contributed by atoms with Gasteiger partial charge in [0.1, 0.15) is 11.6 Å². The van der Waals surface area contributed by atoms with E-state index < -0.39 is 10.0 Å². The van der Waals surface area contributed by atoms with Crippen molar-refractivity contribution in [1.29, 1.82) is 0 Å². The van der Waals surface area contributed by atoms with Crippen LogP contribution in [0.4, 0.5) is 11.4 Å². The lowest BCUT2D eigenvalue weighted by Gasteiger charge is -2.14. The highest BCUT2D eigenvalue weighted by molar-refractivity contribution is 7.92. The van der Waals surface area contributed by atoms with E-state index in [0.29, 0.717) is 11.4 Å². The molecule has 0 spiro atoms. The number of halogens is 1. The number of hydrogen-bond donors (Lipinski definition) is 2. The number of carbonyl (C=O) groups excluding carboxylic acids is 1. The molecule has 0 unspecified atom stereocenters. The van der Waals surface area contributed by atoms with Crippen molar-refractivity contribution in [3.05, 3.63) is 48.5 Å². The first-order valence-corrected chi connectivity index (χ1v) is 9.00. The van der Waals surface area contributed by atoms with Gasteiger partial charge in [-0.3, -0.25) is 9.52 Å². The predicted molar refractivity (Wildman–Crippen MR) is 90.8 cm³/mol. The average Bonchev–Trinajstić information content (AvgIpc) is 2.49.